The van der Waals surface area contributed by atoms with Gasteiger partial charge >= 0.3 is 0 Å². The van der Waals surface area contributed by atoms with Crippen LogP contribution in [0.5, 0.6) is 5.75 Å². The summed E-state index contributed by atoms with van der Waals surface area (Å²) >= 11 is 9.50. The molecule has 0 aliphatic heterocycles. The normalized spacial score (nSPS) is 22.7. The zero-order chi connectivity index (χ0) is 14.2. The molecule has 0 amide bonds. The van der Waals surface area contributed by atoms with Crippen molar-refractivity contribution in [2.45, 2.75) is 25.7 Å². The Morgan fingerprint density at radius 2 is 2.05 bits per heavy atom. The Bertz CT molecular complexity index is 402. The second-order valence-electron chi connectivity index (χ2n) is 5.47. The van der Waals surface area contributed by atoms with E-state index in [0.29, 0.717) is 12.5 Å². The minimum absolute atomic E-state index is 0.698. The highest BCUT2D eigenvalue weighted by molar-refractivity contribution is 9.10. The third-order valence-electron chi connectivity index (χ3n) is 4.01. The van der Waals surface area contributed by atoms with Gasteiger partial charge in [-0.3, -0.25) is 0 Å². The van der Waals surface area contributed by atoms with Crippen molar-refractivity contribution in [1.29, 1.82) is 0 Å². The second-order valence-corrected chi connectivity index (χ2v) is 6.69. The highest BCUT2D eigenvalue weighted by atomic mass is 79.9. The van der Waals surface area contributed by atoms with Crippen molar-refractivity contribution in [3.8, 4) is 5.75 Å². The standard InChI is InChI=1S/C16H23BrClNO/c17-15-6-3-7-16(10-15)20-9-8-19-12-14-5-2-1-4-13(14)11-18/h3,6-7,10,13-14,19H,1-2,4-5,8-9,11-12H2. The van der Waals surface area contributed by atoms with E-state index in [9.17, 15) is 0 Å². The number of hydrogen-bond donors (Lipinski definition) is 1. The van der Waals surface area contributed by atoms with Crippen LogP contribution in [0.2, 0.25) is 0 Å². The molecule has 0 heterocycles. The van der Waals surface area contributed by atoms with E-state index >= 15 is 0 Å². The van der Waals surface area contributed by atoms with E-state index in [-0.39, 0.29) is 0 Å². The van der Waals surface area contributed by atoms with E-state index in [0.717, 1.165) is 35.1 Å². The van der Waals surface area contributed by atoms with E-state index in [1.807, 2.05) is 24.3 Å². The SMILES string of the molecule is ClCC1CCCCC1CNCCOc1cccc(Br)c1. The highest BCUT2D eigenvalue weighted by Gasteiger charge is 2.23. The number of hydrogen-bond acceptors (Lipinski definition) is 2. The van der Waals surface area contributed by atoms with Gasteiger partial charge in [0.25, 0.3) is 0 Å². The molecular weight excluding hydrogens is 338 g/mol. The molecule has 4 heteroatoms. The maximum atomic E-state index is 6.05. The van der Waals surface area contributed by atoms with Crippen LogP contribution in [0.4, 0.5) is 0 Å². The van der Waals surface area contributed by atoms with Crippen LogP contribution in [0.3, 0.4) is 0 Å². The Kier molecular flexibility index (Phi) is 7.18. The first kappa shape index (κ1) is 16.1. The summed E-state index contributed by atoms with van der Waals surface area (Å²) in [5.74, 6) is 3.16. The molecule has 20 heavy (non-hydrogen) atoms. The first-order chi connectivity index (χ1) is 9.79. The monoisotopic (exact) mass is 359 g/mol. The highest BCUT2D eigenvalue weighted by Crippen LogP contribution is 2.30. The molecule has 2 nitrogen and oxygen atoms in total. The van der Waals surface area contributed by atoms with E-state index in [2.05, 4.69) is 21.2 Å². The van der Waals surface area contributed by atoms with Crippen molar-refractivity contribution in [2.24, 2.45) is 11.8 Å². The minimum atomic E-state index is 0.698. The molecule has 0 spiro atoms. The molecule has 1 aromatic rings. The first-order valence-electron chi connectivity index (χ1n) is 7.44. The zero-order valence-electron chi connectivity index (χ0n) is 11.8. The fourth-order valence-electron chi connectivity index (χ4n) is 2.84. The summed E-state index contributed by atoms with van der Waals surface area (Å²) in [7, 11) is 0. The lowest BCUT2D eigenvalue weighted by Gasteiger charge is -2.30. The Hall–Kier alpha value is -0.250. The molecule has 0 saturated heterocycles. The van der Waals surface area contributed by atoms with Crippen molar-refractivity contribution >= 4 is 27.5 Å². The van der Waals surface area contributed by atoms with E-state index in [4.69, 9.17) is 16.3 Å². The molecule has 1 saturated carbocycles. The third-order valence-corrected chi connectivity index (χ3v) is 4.90. The van der Waals surface area contributed by atoms with Crippen LogP contribution in [0.25, 0.3) is 0 Å². The summed E-state index contributed by atoms with van der Waals surface area (Å²) in [4.78, 5) is 0. The molecule has 2 rings (SSSR count). The molecule has 2 atom stereocenters. The molecular formula is C16H23BrClNO. The van der Waals surface area contributed by atoms with E-state index in [1.165, 1.54) is 25.7 Å². The second kappa shape index (κ2) is 8.91. The minimum Gasteiger partial charge on any atom is -0.492 e. The molecule has 112 valence electrons. The van der Waals surface area contributed by atoms with Gasteiger partial charge < -0.3 is 10.1 Å². The summed E-state index contributed by atoms with van der Waals surface area (Å²) in [6.45, 7) is 2.66. The molecule has 1 fully saturated rings. The smallest absolute Gasteiger partial charge is 0.120 e. The fourth-order valence-corrected chi connectivity index (χ4v) is 3.63. The number of benzene rings is 1. The van der Waals surface area contributed by atoms with Gasteiger partial charge in [-0.1, -0.05) is 34.8 Å². The van der Waals surface area contributed by atoms with Crippen molar-refractivity contribution in [2.75, 3.05) is 25.6 Å². The predicted molar refractivity (Wildman–Crippen MR) is 88.7 cm³/mol. The summed E-state index contributed by atoms with van der Waals surface area (Å²) in [6, 6.07) is 7.96. The van der Waals surface area contributed by atoms with Crippen molar-refractivity contribution in [3.63, 3.8) is 0 Å². The number of rotatable bonds is 7. The van der Waals surface area contributed by atoms with E-state index < -0.39 is 0 Å². The molecule has 2 unspecified atom stereocenters. The number of alkyl halides is 1. The Labute approximate surface area is 135 Å². The van der Waals surface area contributed by atoms with Crippen LogP contribution in [0.15, 0.2) is 28.7 Å². The summed E-state index contributed by atoms with van der Waals surface area (Å²) in [6.07, 6.45) is 5.31. The van der Waals surface area contributed by atoms with Crippen LogP contribution >= 0.6 is 27.5 Å². The van der Waals surface area contributed by atoms with Gasteiger partial charge in [0, 0.05) is 16.9 Å². The van der Waals surface area contributed by atoms with Crippen LogP contribution < -0.4 is 10.1 Å². The van der Waals surface area contributed by atoms with Crippen molar-refractivity contribution in [3.05, 3.63) is 28.7 Å². The molecule has 0 radical (unpaired) electrons. The van der Waals surface area contributed by atoms with Gasteiger partial charge in [-0.05, 0) is 49.4 Å². The van der Waals surface area contributed by atoms with Crippen molar-refractivity contribution < 1.29 is 4.74 Å². The third kappa shape index (κ3) is 5.27. The molecule has 1 aliphatic carbocycles. The molecule has 0 bridgehead atoms. The van der Waals surface area contributed by atoms with Crippen molar-refractivity contribution in [1.82, 2.24) is 5.32 Å². The summed E-state index contributed by atoms with van der Waals surface area (Å²) in [5, 5.41) is 3.51. The van der Waals surface area contributed by atoms with Gasteiger partial charge in [-0.15, -0.1) is 11.6 Å². The van der Waals surface area contributed by atoms with Crippen LogP contribution in [0, 0.1) is 11.8 Å². The van der Waals surface area contributed by atoms with Crippen LogP contribution in [-0.4, -0.2) is 25.6 Å². The Morgan fingerprint density at radius 3 is 2.80 bits per heavy atom. The topological polar surface area (TPSA) is 21.3 Å². The van der Waals surface area contributed by atoms with Gasteiger partial charge in [0.15, 0.2) is 0 Å². The van der Waals surface area contributed by atoms with Crippen LogP contribution in [-0.2, 0) is 0 Å². The first-order valence-corrected chi connectivity index (χ1v) is 8.77. The average Bonchev–Trinajstić information content (AvgIpc) is 2.47. The lowest BCUT2D eigenvalue weighted by atomic mass is 9.80. The quantitative estimate of drug-likeness (QED) is 0.572. The zero-order valence-corrected chi connectivity index (χ0v) is 14.1. The van der Waals surface area contributed by atoms with Gasteiger partial charge in [0.1, 0.15) is 12.4 Å². The maximum absolute atomic E-state index is 6.05. The van der Waals surface area contributed by atoms with Crippen LogP contribution in [0.1, 0.15) is 25.7 Å². The lowest BCUT2D eigenvalue weighted by molar-refractivity contribution is 0.242. The summed E-state index contributed by atoms with van der Waals surface area (Å²) in [5.41, 5.74) is 0. The van der Waals surface area contributed by atoms with Gasteiger partial charge in [0.05, 0.1) is 0 Å². The molecule has 1 N–H and O–H groups in total. The van der Waals surface area contributed by atoms with Gasteiger partial charge in [-0.2, -0.15) is 0 Å². The lowest BCUT2D eigenvalue weighted by Crippen LogP contribution is -2.33. The average molecular weight is 361 g/mol. The summed E-state index contributed by atoms with van der Waals surface area (Å²) < 4.78 is 6.76. The van der Waals surface area contributed by atoms with Gasteiger partial charge in [-0.25, -0.2) is 0 Å². The number of nitrogens with one attached hydrogen (secondary N) is 1. The number of halogens is 2. The molecule has 1 aliphatic rings. The fraction of sp³-hybridized carbons (Fsp3) is 0.625. The molecule has 1 aromatic carbocycles. The van der Waals surface area contributed by atoms with E-state index in [1.54, 1.807) is 0 Å². The van der Waals surface area contributed by atoms with Gasteiger partial charge in [0.2, 0.25) is 0 Å². The maximum Gasteiger partial charge on any atom is 0.120 e. The Balaban J connectivity index is 1.61. The Morgan fingerprint density at radius 1 is 1.25 bits per heavy atom. The molecule has 0 aromatic heterocycles. The predicted octanol–water partition coefficient (Wildman–Crippen LogP) is 4.46. The largest absolute Gasteiger partial charge is 0.492 e. The number of ether oxygens (including phenoxy) is 1.